The fourth-order valence-electron chi connectivity index (χ4n) is 1.84. The van der Waals surface area contributed by atoms with E-state index in [2.05, 4.69) is 39.3 Å². The average Bonchev–Trinajstić information content (AvgIpc) is 2.58. The zero-order chi connectivity index (χ0) is 17.3. The molecule has 2 heterocycles. The third-order valence-electron chi connectivity index (χ3n) is 2.90. The van der Waals surface area contributed by atoms with Crippen LogP contribution in [0.15, 0.2) is 29.4 Å². The summed E-state index contributed by atoms with van der Waals surface area (Å²) in [5, 5.41) is 16.9. The standard InChI is InChI=1S/C13H19N3O.2CNS.Co.H2O/c1-12(13-4-2-3-5-15-13)14-6-7-16-8-10-17-11-9-16;2*2-1-3;;/h2-5H,6-11H2,1H3;;;;1H2/q;2*-1;+2;/p+1. The maximum absolute atomic E-state index is 7.13. The molecule has 1 saturated heterocycles. The smallest absolute Gasteiger partial charge is 0.753 e. The molecule has 1 radical (unpaired) electrons. The number of nitrogens with zero attached hydrogens (tertiary/aromatic N) is 5. The van der Waals surface area contributed by atoms with E-state index in [1.54, 1.807) is 6.20 Å². The van der Waals surface area contributed by atoms with E-state index in [-0.39, 0.29) is 22.3 Å². The van der Waals surface area contributed by atoms with Crippen molar-refractivity contribution in [2.45, 2.75) is 6.92 Å². The van der Waals surface area contributed by atoms with Gasteiger partial charge in [0.25, 0.3) is 0 Å². The van der Waals surface area contributed by atoms with Crippen LogP contribution in [0, 0.1) is 0 Å². The summed E-state index contributed by atoms with van der Waals surface area (Å²) in [4.78, 5) is 11.2. The van der Waals surface area contributed by atoms with Gasteiger partial charge in [0, 0.05) is 25.8 Å². The van der Waals surface area contributed by atoms with E-state index < -0.39 is 0 Å². The van der Waals surface area contributed by atoms with Crippen LogP contribution in [0.25, 0.3) is 10.8 Å². The molecule has 0 aromatic carbocycles. The number of isothiocyanates is 2. The van der Waals surface area contributed by atoms with Crippen molar-refractivity contribution in [3.63, 3.8) is 0 Å². The number of rotatable bonds is 4. The van der Waals surface area contributed by atoms with Gasteiger partial charge in [0.1, 0.15) is 0 Å². The Hall–Kier alpha value is -1.19. The van der Waals surface area contributed by atoms with Crippen LogP contribution in [0.2, 0.25) is 0 Å². The second-order valence-corrected chi connectivity index (χ2v) is 4.68. The first-order valence-electron chi connectivity index (χ1n) is 6.94. The molecule has 0 unspecified atom stereocenters. The monoisotopic (exact) mass is 427 g/mol. The SMILES string of the molecule is CC(=NCCN1CCOCC1)c1ccccn1.[Co+2].[N-]=C=S.[N-]=C=S.[OH3+]. The van der Waals surface area contributed by atoms with E-state index in [4.69, 9.17) is 15.6 Å². The third-order valence-corrected chi connectivity index (χ3v) is 2.90. The van der Waals surface area contributed by atoms with Gasteiger partial charge in [-0.05, 0) is 19.1 Å². The molecule has 1 aliphatic heterocycles. The molecular formula is C15H22CoN5O2S2+. The number of hydrogen-bond donors (Lipinski definition) is 0. The van der Waals surface area contributed by atoms with Gasteiger partial charge in [-0.25, -0.2) is 0 Å². The van der Waals surface area contributed by atoms with Crippen molar-refractivity contribution < 1.29 is 27.0 Å². The molecular weight excluding hydrogens is 405 g/mol. The Bertz CT molecular complexity index is 516. The Morgan fingerprint density at radius 2 is 1.84 bits per heavy atom. The summed E-state index contributed by atoms with van der Waals surface area (Å²) in [6, 6.07) is 5.90. The Morgan fingerprint density at radius 1 is 1.28 bits per heavy atom. The average molecular weight is 427 g/mol. The normalized spacial score (nSPS) is 13.1. The van der Waals surface area contributed by atoms with Gasteiger partial charge in [0.05, 0.1) is 31.2 Å². The van der Waals surface area contributed by atoms with Crippen LogP contribution in [-0.4, -0.2) is 65.3 Å². The Morgan fingerprint density at radius 3 is 2.32 bits per heavy atom. The van der Waals surface area contributed by atoms with Crippen molar-refractivity contribution in [1.82, 2.24) is 9.88 Å². The molecule has 1 aromatic rings. The molecule has 0 aliphatic carbocycles. The van der Waals surface area contributed by atoms with Gasteiger partial charge >= 0.3 is 16.8 Å². The quantitative estimate of drug-likeness (QED) is 0.411. The molecule has 1 fully saturated rings. The van der Waals surface area contributed by atoms with Crippen LogP contribution in [0.3, 0.4) is 0 Å². The first-order valence-corrected chi connectivity index (χ1v) is 7.76. The minimum Gasteiger partial charge on any atom is -0.753 e. The van der Waals surface area contributed by atoms with Gasteiger partial charge in [-0.3, -0.25) is 14.9 Å². The molecule has 1 aliphatic rings. The van der Waals surface area contributed by atoms with Crippen LogP contribution in [0.5, 0.6) is 0 Å². The molecule has 0 saturated carbocycles. The van der Waals surface area contributed by atoms with E-state index in [0.29, 0.717) is 0 Å². The van der Waals surface area contributed by atoms with Crippen LogP contribution >= 0.6 is 24.4 Å². The Balaban J connectivity index is -0.000000535. The number of pyridine rings is 1. The molecule has 0 spiro atoms. The summed E-state index contributed by atoms with van der Waals surface area (Å²) in [6.45, 7) is 7.61. The van der Waals surface area contributed by atoms with Gasteiger partial charge in [-0.15, -0.1) is 0 Å². The maximum Gasteiger partial charge on any atom is 2.00 e. The number of aliphatic imine (C=N–C) groups is 1. The van der Waals surface area contributed by atoms with Gasteiger partial charge in [0.2, 0.25) is 0 Å². The molecule has 3 N–H and O–H groups in total. The summed E-state index contributed by atoms with van der Waals surface area (Å²) in [6.07, 6.45) is 1.80. The van der Waals surface area contributed by atoms with E-state index in [0.717, 1.165) is 50.8 Å². The molecule has 25 heavy (non-hydrogen) atoms. The summed E-state index contributed by atoms with van der Waals surface area (Å²) < 4.78 is 5.31. The molecule has 0 amide bonds. The largest absolute Gasteiger partial charge is 2.00 e. The first kappa shape index (κ1) is 28.6. The van der Waals surface area contributed by atoms with Crippen LogP contribution in [-0.2, 0) is 27.0 Å². The van der Waals surface area contributed by atoms with E-state index in [9.17, 15) is 0 Å². The Kier molecular flexibility index (Phi) is 23.9. The molecule has 0 bridgehead atoms. The van der Waals surface area contributed by atoms with Crippen LogP contribution in [0.4, 0.5) is 0 Å². The minimum absolute atomic E-state index is 0. The van der Waals surface area contributed by atoms with Gasteiger partial charge in [0.15, 0.2) is 0 Å². The topological polar surface area (TPSA) is 115 Å². The van der Waals surface area contributed by atoms with Crippen molar-refractivity contribution in [1.29, 1.82) is 0 Å². The molecule has 10 heteroatoms. The molecule has 2 rings (SSSR count). The van der Waals surface area contributed by atoms with E-state index in [1.165, 1.54) is 10.3 Å². The molecule has 0 atom stereocenters. The van der Waals surface area contributed by atoms with Crippen LogP contribution in [0.1, 0.15) is 12.6 Å². The van der Waals surface area contributed by atoms with E-state index >= 15 is 0 Å². The fourth-order valence-corrected chi connectivity index (χ4v) is 1.84. The predicted octanol–water partition coefficient (Wildman–Crippen LogP) is 1.62. The second kappa shape index (κ2) is 20.9. The minimum atomic E-state index is 0. The van der Waals surface area contributed by atoms with Crippen molar-refractivity contribution in [3.05, 3.63) is 40.9 Å². The Labute approximate surface area is 169 Å². The van der Waals surface area contributed by atoms with Gasteiger partial charge in [-0.1, -0.05) is 30.5 Å². The second-order valence-electron chi connectivity index (χ2n) is 4.32. The maximum atomic E-state index is 7.13. The number of hydrogen-bond acceptors (Lipinski definition) is 6. The zero-order valence-electron chi connectivity index (χ0n) is 13.9. The zero-order valence-corrected chi connectivity index (χ0v) is 16.6. The molecule has 139 valence electrons. The van der Waals surface area contributed by atoms with Gasteiger partial charge in [-0.2, -0.15) is 10.3 Å². The van der Waals surface area contributed by atoms with Crippen molar-refractivity contribution in [3.8, 4) is 0 Å². The summed E-state index contributed by atoms with van der Waals surface area (Å²) in [5.74, 6) is 0. The predicted molar refractivity (Wildman–Crippen MR) is 105 cm³/mol. The molecule has 7 nitrogen and oxygen atoms in total. The number of thiocarbonyl (C=S) groups is 2. The fraction of sp³-hybridized carbons (Fsp3) is 0.467. The van der Waals surface area contributed by atoms with Crippen molar-refractivity contribution in [2.24, 2.45) is 4.99 Å². The molecule has 1 aromatic heterocycles. The summed E-state index contributed by atoms with van der Waals surface area (Å²) >= 11 is 7.40. The summed E-state index contributed by atoms with van der Waals surface area (Å²) in [5.41, 5.74) is 1.98. The number of aromatic nitrogens is 1. The van der Waals surface area contributed by atoms with Gasteiger partial charge < -0.3 is 21.0 Å². The first-order chi connectivity index (χ1) is 11.2. The number of ether oxygens (including phenoxy) is 1. The summed E-state index contributed by atoms with van der Waals surface area (Å²) in [7, 11) is 0. The van der Waals surface area contributed by atoms with Crippen molar-refractivity contribution in [2.75, 3.05) is 39.4 Å². The van der Waals surface area contributed by atoms with Crippen molar-refractivity contribution >= 4 is 40.5 Å². The third kappa shape index (κ3) is 16.0. The van der Waals surface area contributed by atoms with E-state index in [1.807, 2.05) is 25.1 Å². The van der Waals surface area contributed by atoms with Crippen LogP contribution < -0.4 is 0 Å². The number of morpholine rings is 1.